The predicted molar refractivity (Wildman–Crippen MR) is 78.3 cm³/mol. The van der Waals surface area contributed by atoms with Crippen molar-refractivity contribution >= 4 is 5.69 Å². The van der Waals surface area contributed by atoms with E-state index in [9.17, 15) is 0 Å². The van der Waals surface area contributed by atoms with Crippen molar-refractivity contribution in [3.63, 3.8) is 0 Å². The van der Waals surface area contributed by atoms with Crippen LogP contribution in [0.1, 0.15) is 17.5 Å². The Labute approximate surface area is 118 Å². The molecule has 2 heterocycles. The number of para-hydroxylation sites is 1. The highest BCUT2D eigenvalue weighted by Crippen LogP contribution is 2.33. The fourth-order valence-corrected chi connectivity index (χ4v) is 2.23. The lowest BCUT2D eigenvalue weighted by molar-refractivity contribution is 0.296. The van der Waals surface area contributed by atoms with Crippen LogP contribution < -0.4 is 14.8 Å². The summed E-state index contributed by atoms with van der Waals surface area (Å²) in [4.78, 5) is 4.14. The summed E-state index contributed by atoms with van der Waals surface area (Å²) < 4.78 is 11.5. The summed E-state index contributed by atoms with van der Waals surface area (Å²) in [5.74, 6) is 1.70. The number of rotatable bonds is 3. The van der Waals surface area contributed by atoms with E-state index in [1.807, 2.05) is 24.4 Å². The minimum atomic E-state index is 0.694. The first-order valence-corrected chi connectivity index (χ1v) is 6.86. The number of benzene rings is 1. The zero-order valence-corrected chi connectivity index (χ0v) is 11.6. The van der Waals surface area contributed by atoms with Gasteiger partial charge in [0.15, 0.2) is 11.5 Å². The number of anilines is 1. The molecule has 1 aliphatic rings. The zero-order valence-electron chi connectivity index (χ0n) is 11.6. The topological polar surface area (TPSA) is 43.4 Å². The average Bonchev–Trinajstić information content (AvgIpc) is 2.72. The van der Waals surface area contributed by atoms with Crippen LogP contribution in [0.4, 0.5) is 5.69 Å². The maximum Gasteiger partial charge on any atom is 0.166 e. The fourth-order valence-electron chi connectivity index (χ4n) is 2.23. The highest BCUT2D eigenvalue weighted by Gasteiger charge is 2.14. The minimum Gasteiger partial charge on any atom is -0.490 e. The molecule has 0 atom stereocenters. The van der Waals surface area contributed by atoms with E-state index in [0.29, 0.717) is 19.8 Å². The van der Waals surface area contributed by atoms with Crippen molar-refractivity contribution in [1.29, 1.82) is 0 Å². The molecule has 0 amide bonds. The molecule has 0 fully saturated rings. The van der Waals surface area contributed by atoms with Crippen molar-refractivity contribution < 1.29 is 9.47 Å². The summed E-state index contributed by atoms with van der Waals surface area (Å²) in [6.07, 6.45) is 4.56. The number of aryl methyl sites for hydroxylation is 1. The SMILES string of the molecule is Cc1ccncc1NCc1cccc2c1OCCCO2. The van der Waals surface area contributed by atoms with Crippen molar-refractivity contribution in [3.8, 4) is 11.5 Å². The predicted octanol–water partition coefficient (Wildman–Crippen LogP) is 3.16. The summed E-state index contributed by atoms with van der Waals surface area (Å²) in [6, 6.07) is 8.01. The number of hydrogen-bond acceptors (Lipinski definition) is 4. The van der Waals surface area contributed by atoms with Crippen LogP contribution in [0.2, 0.25) is 0 Å². The standard InChI is InChI=1S/C16H18N2O2/c1-12-6-7-17-11-14(12)18-10-13-4-2-5-15-16(13)20-9-3-8-19-15/h2,4-7,11,18H,3,8-10H2,1H3. The Morgan fingerprint density at radius 3 is 3.00 bits per heavy atom. The van der Waals surface area contributed by atoms with Gasteiger partial charge in [-0.2, -0.15) is 0 Å². The van der Waals surface area contributed by atoms with E-state index in [0.717, 1.165) is 29.2 Å². The molecule has 4 nitrogen and oxygen atoms in total. The zero-order chi connectivity index (χ0) is 13.8. The Kier molecular flexibility index (Phi) is 3.72. The first-order valence-electron chi connectivity index (χ1n) is 6.86. The molecule has 1 N–H and O–H groups in total. The molecule has 3 rings (SSSR count). The first-order chi connectivity index (χ1) is 9.84. The van der Waals surface area contributed by atoms with E-state index in [4.69, 9.17) is 9.47 Å². The molecule has 0 saturated carbocycles. The van der Waals surface area contributed by atoms with Crippen LogP contribution >= 0.6 is 0 Å². The Bertz CT molecular complexity index is 599. The molecule has 0 aliphatic carbocycles. The van der Waals surface area contributed by atoms with E-state index in [1.165, 1.54) is 5.56 Å². The summed E-state index contributed by atoms with van der Waals surface area (Å²) in [6.45, 7) is 4.18. The van der Waals surface area contributed by atoms with Gasteiger partial charge < -0.3 is 14.8 Å². The van der Waals surface area contributed by atoms with Gasteiger partial charge in [-0.15, -0.1) is 0 Å². The van der Waals surface area contributed by atoms with Crippen molar-refractivity contribution in [2.24, 2.45) is 0 Å². The van der Waals surface area contributed by atoms with Crippen molar-refractivity contribution in [2.75, 3.05) is 18.5 Å². The van der Waals surface area contributed by atoms with Crippen molar-refractivity contribution in [2.45, 2.75) is 19.9 Å². The Balaban J connectivity index is 1.80. The van der Waals surface area contributed by atoms with E-state index < -0.39 is 0 Å². The molecule has 0 unspecified atom stereocenters. The van der Waals surface area contributed by atoms with Gasteiger partial charge in [-0.1, -0.05) is 12.1 Å². The van der Waals surface area contributed by atoms with E-state index >= 15 is 0 Å². The lowest BCUT2D eigenvalue weighted by Crippen LogP contribution is -2.04. The lowest BCUT2D eigenvalue weighted by Gasteiger charge is -2.14. The van der Waals surface area contributed by atoms with Crippen LogP contribution in [-0.2, 0) is 6.54 Å². The number of hydrogen-bond donors (Lipinski definition) is 1. The molecule has 104 valence electrons. The van der Waals surface area contributed by atoms with Crippen LogP contribution in [0.3, 0.4) is 0 Å². The molecule has 20 heavy (non-hydrogen) atoms. The van der Waals surface area contributed by atoms with Gasteiger partial charge in [-0.3, -0.25) is 4.98 Å². The third kappa shape index (κ3) is 2.69. The number of fused-ring (bicyclic) bond motifs is 1. The molecule has 0 spiro atoms. The van der Waals surface area contributed by atoms with Gasteiger partial charge in [0.05, 0.1) is 25.1 Å². The molecule has 1 aromatic carbocycles. The van der Waals surface area contributed by atoms with Crippen LogP contribution in [0.5, 0.6) is 11.5 Å². The second kappa shape index (κ2) is 5.82. The molecule has 0 radical (unpaired) electrons. The van der Waals surface area contributed by atoms with Crippen LogP contribution in [0.25, 0.3) is 0 Å². The van der Waals surface area contributed by atoms with Crippen molar-refractivity contribution in [1.82, 2.24) is 4.98 Å². The maximum atomic E-state index is 5.82. The largest absolute Gasteiger partial charge is 0.490 e. The maximum absolute atomic E-state index is 5.82. The molecule has 1 aliphatic heterocycles. The number of pyridine rings is 1. The van der Waals surface area contributed by atoms with Crippen LogP contribution in [-0.4, -0.2) is 18.2 Å². The van der Waals surface area contributed by atoms with Crippen LogP contribution in [0, 0.1) is 6.92 Å². The number of aromatic nitrogens is 1. The molecule has 2 aromatic rings. The second-order valence-corrected chi connectivity index (χ2v) is 4.84. The normalized spacial score (nSPS) is 13.7. The minimum absolute atomic E-state index is 0.694. The summed E-state index contributed by atoms with van der Waals surface area (Å²) in [7, 11) is 0. The Morgan fingerprint density at radius 1 is 1.20 bits per heavy atom. The Hall–Kier alpha value is -2.23. The number of nitrogens with one attached hydrogen (secondary N) is 1. The van der Waals surface area contributed by atoms with Gasteiger partial charge in [0.25, 0.3) is 0 Å². The number of nitrogens with zero attached hydrogens (tertiary/aromatic N) is 1. The second-order valence-electron chi connectivity index (χ2n) is 4.84. The lowest BCUT2D eigenvalue weighted by atomic mass is 10.1. The highest BCUT2D eigenvalue weighted by atomic mass is 16.5. The smallest absolute Gasteiger partial charge is 0.166 e. The molecular weight excluding hydrogens is 252 g/mol. The number of ether oxygens (including phenoxy) is 2. The van der Waals surface area contributed by atoms with Gasteiger partial charge in [0.2, 0.25) is 0 Å². The first kappa shape index (κ1) is 12.8. The fraction of sp³-hybridized carbons (Fsp3) is 0.312. The third-order valence-electron chi connectivity index (χ3n) is 3.36. The van der Waals surface area contributed by atoms with E-state index in [1.54, 1.807) is 6.20 Å². The van der Waals surface area contributed by atoms with E-state index in [-0.39, 0.29) is 0 Å². The molecule has 4 heteroatoms. The molecular formula is C16H18N2O2. The van der Waals surface area contributed by atoms with Gasteiger partial charge >= 0.3 is 0 Å². The molecule has 0 saturated heterocycles. The summed E-state index contributed by atoms with van der Waals surface area (Å²) in [5, 5.41) is 3.40. The van der Waals surface area contributed by atoms with Crippen molar-refractivity contribution in [3.05, 3.63) is 47.8 Å². The summed E-state index contributed by atoms with van der Waals surface area (Å²) >= 11 is 0. The third-order valence-corrected chi connectivity index (χ3v) is 3.36. The monoisotopic (exact) mass is 270 g/mol. The van der Waals surface area contributed by atoms with Crippen LogP contribution in [0.15, 0.2) is 36.7 Å². The van der Waals surface area contributed by atoms with E-state index in [2.05, 4.69) is 23.3 Å². The average molecular weight is 270 g/mol. The molecule has 0 bridgehead atoms. The summed E-state index contributed by atoms with van der Waals surface area (Å²) in [5.41, 5.74) is 3.33. The van der Waals surface area contributed by atoms with Gasteiger partial charge in [-0.25, -0.2) is 0 Å². The van der Waals surface area contributed by atoms with Gasteiger partial charge in [-0.05, 0) is 24.6 Å². The highest BCUT2D eigenvalue weighted by molar-refractivity contribution is 5.52. The van der Waals surface area contributed by atoms with Gasteiger partial charge in [0.1, 0.15) is 0 Å². The van der Waals surface area contributed by atoms with Gasteiger partial charge in [0, 0.05) is 24.7 Å². The Morgan fingerprint density at radius 2 is 2.10 bits per heavy atom. The quantitative estimate of drug-likeness (QED) is 0.930. The molecule has 1 aromatic heterocycles.